The number of hydrogen-bond acceptors (Lipinski definition) is 10. The number of rotatable bonds is 8. The van der Waals surface area contributed by atoms with Gasteiger partial charge < -0.3 is 33.9 Å². The summed E-state index contributed by atoms with van der Waals surface area (Å²) in [5, 5.41) is 22.6. The molecule has 0 amide bonds. The van der Waals surface area contributed by atoms with E-state index in [0.29, 0.717) is 62.7 Å². The molecule has 13 rings (SSSR count). The van der Waals surface area contributed by atoms with E-state index in [1.807, 2.05) is 0 Å². The fourth-order valence-corrected chi connectivity index (χ4v) is 15.2. The molecule has 0 aromatic rings. The summed E-state index contributed by atoms with van der Waals surface area (Å²) >= 11 is 0. The molecule has 10 nitrogen and oxygen atoms in total. The van der Waals surface area contributed by atoms with E-state index in [2.05, 4.69) is 0 Å². The van der Waals surface area contributed by atoms with Crippen molar-refractivity contribution in [3.63, 3.8) is 0 Å². The molecule has 1 spiro atoms. The van der Waals surface area contributed by atoms with E-state index >= 15 is 0 Å². The van der Waals surface area contributed by atoms with Crippen molar-refractivity contribution in [3.05, 3.63) is 0 Å². The number of carbonyl (C=O) groups is 3. The van der Waals surface area contributed by atoms with Crippen molar-refractivity contribution >= 4 is 17.9 Å². The highest BCUT2D eigenvalue weighted by Crippen LogP contribution is 2.66. The molecule has 6 atom stereocenters. The van der Waals surface area contributed by atoms with Crippen molar-refractivity contribution in [2.45, 2.75) is 145 Å². The van der Waals surface area contributed by atoms with Gasteiger partial charge in [-0.15, -0.1) is 0 Å². The van der Waals surface area contributed by atoms with Crippen molar-refractivity contribution in [2.24, 2.45) is 57.7 Å². The van der Waals surface area contributed by atoms with Gasteiger partial charge in [-0.2, -0.15) is 8.78 Å². The summed E-state index contributed by atoms with van der Waals surface area (Å²) in [6, 6.07) is 0. The van der Waals surface area contributed by atoms with Gasteiger partial charge in [0.2, 0.25) is 0 Å². The third-order valence-electron chi connectivity index (χ3n) is 16.1. The van der Waals surface area contributed by atoms with Crippen molar-refractivity contribution in [2.75, 3.05) is 26.4 Å². The quantitative estimate of drug-likeness (QED) is 0.252. The molecule has 1 heterocycles. The summed E-state index contributed by atoms with van der Waals surface area (Å²) in [4.78, 5) is 40.5. The Bertz CT molecular complexity index is 1430. The number of hydrogen-bond donors (Lipinski definition) is 2. The lowest BCUT2D eigenvalue weighted by atomic mass is 9.48. The lowest BCUT2D eigenvalue weighted by molar-refractivity contribution is -0.397. The Morgan fingerprint density at radius 3 is 1.50 bits per heavy atom. The van der Waals surface area contributed by atoms with Gasteiger partial charge in [0.05, 0.1) is 40.7 Å². The predicted molar refractivity (Wildman–Crippen MR) is 176 cm³/mol. The van der Waals surface area contributed by atoms with Crippen LogP contribution in [-0.2, 0) is 38.1 Å². The second kappa shape index (κ2) is 10.9. The average Bonchev–Trinajstić information content (AvgIpc) is 3.02. The van der Waals surface area contributed by atoms with Crippen molar-refractivity contribution in [3.8, 4) is 0 Å². The van der Waals surface area contributed by atoms with E-state index in [1.54, 1.807) is 0 Å². The number of halogens is 2. The largest absolute Gasteiger partial charge is 0.464 e. The monoisotopic (exact) mass is 732 g/mol. The highest BCUT2D eigenvalue weighted by atomic mass is 19.3. The molecule has 288 valence electrons. The van der Waals surface area contributed by atoms with Gasteiger partial charge in [-0.25, -0.2) is 4.79 Å². The Hall–Kier alpha value is -1.89. The van der Waals surface area contributed by atoms with Crippen LogP contribution in [0.3, 0.4) is 0 Å². The Morgan fingerprint density at radius 2 is 1.10 bits per heavy atom. The third kappa shape index (κ3) is 5.29. The lowest BCUT2D eigenvalue weighted by Gasteiger charge is -2.65. The van der Waals surface area contributed by atoms with Gasteiger partial charge in [0.25, 0.3) is 0 Å². The minimum atomic E-state index is -3.57. The Kier molecular flexibility index (Phi) is 7.25. The summed E-state index contributed by atoms with van der Waals surface area (Å²) < 4.78 is 59.5. The molecule has 1 aliphatic heterocycles. The van der Waals surface area contributed by atoms with E-state index in [1.165, 1.54) is 0 Å². The maximum absolute atomic E-state index is 14.1. The van der Waals surface area contributed by atoms with Gasteiger partial charge in [-0.05, 0) is 139 Å². The molecule has 12 aliphatic carbocycles. The van der Waals surface area contributed by atoms with Crippen LogP contribution in [0.1, 0.15) is 116 Å². The zero-order chi connectivity index (χ0) is 36.2. The van der Waals surface area contributed by atoms with E-state index in [-0.39, 0.29) is 56.1 Å². The number of ether oxygens (including phenoxy) is 5. The molecule has 6 unspecified atom stereocenters. The number of alkyl halides is 2. The zero-order valence-corrected chi connectivity index (χ0v) is 30.3. The Balaban J connectivity index is 0.877. The minimum absolute atomic E-state index is 0.0714. The van der Waals surface area contributed by atoms with Gasteiger partial charge >= 0.3 is 23.8 Å². The molecule has 2 N–H and O–H groups in total. The second-order valence-electron chi connectivity index (χ2n) is 20.7. The normalized spacial score (nSPS) is 53.4. The topological polar surface area (TPSA) is 138 Å². The van der Waals surface area contributed by atoms with Crippen LogP contribution < -0.4 is 0 Å². The first-order valence-corrected chi connectivity index (χ1v) is 20.1. The molecule has 52 heavy (non-hydrogen) atoms. The van der Waals surface area contributed by atoms with Crippen molar-refractivity contribution in [1.82, 2.24) is 0 Å². The summed E-state index contributed by atoms with van der Waals surface area (Å²) in [5.74, 6) is -5.54. The molecular formula is C40H54F2O10. The Labute approximate surface area is 303 Å². The molecule has 0 aromatic heterocycles. The van der Waals surface area contributed by atoms with Gasteiger partial charge in [0, 0.05) is 18.8 Å². The van der Waals surface area contributed by atoms with Crippen LogP contribution in [0.25, 0.3) is 0 Å². The van der Waals surface area contributed by atoms with Crippen LogP contribution in [0.4, 0.5) is 8.78 Å². The summed E-state index contributed by atoms with van der Waals surface area (Å²) in [6.07, 6.45) is 11.6. The molecule has 13 fully saturated rings. The van der Waals surface area contributed by atoms with Crippen molar-refractivity contribution < 1.29 is 57.1 Å². The van der Waals surface area contributed by atoms with Crippen LogP contribution in [0.15, 0.2) is 0 Å². The molecular weight excluding hydrogens is 678 g/mol. The predicted octanol–water partition coefficient (Wildman–Crippen LogP) is 5.24. The molecule has 13 aliphatic rings. The van der Waals surface area contributed by atoms with Gasteiger partial charge in [0.15, 0.2) is 5.79 Å². The van der Waals surface area contributed by atoms with Gasteiger partial charge in [-0.3, -0.25) is 9.59 Å². The minimum Gasteiger partial charge on any atom is -0.464 e. The average molecular weight is 733 g/mol. The summed E-state index contributed by atoms with van der Waals surface area (Å²) in [7, 11) is 0. The zero-order valence-electron chi connectivity index (χ0n) is 30.3. The molecule has 12 bridgehead atoms. The summed E-state index contributed by atoms with van der Waals surface area (Å²) in [5.41, 5.74) is -5.02. The van der Waals surface area contributed by atoms with Gasteiger partial charge in [0.1, 0.15) is 18.8 Å². The number of esters is 3. The maximum Gasteiger partial charge on any atom is 0.377 e. The Morgan fingerprint density at radius 1 is 0.654 bits per heavy atom. The van der Waals surface area contributed by atoms with Crippen LogP contribution in [-0.4, -0.2) is 83.1 Å². The molecule has 12 heteroatoms. The third-order valence-corrected chi connectivity index (χ3v) is 16.1. The highest BCUT2D eigenvalue weighted by molar-refractivity contribution is 5.79. The molecule has 0 radical (unpaired) electrons. The highest BCUT2D eigenvalue weighted by Gasteiger charge is 2.69. The second-order valence-corrected chi connectivity index (χ2v) is 20.7. The molecule has 1 saturated heterocycles. The van der Waals surface area contributed by atoms with E-state index < -0.39 is 50.7 Å². The number of aliphatic hydroxyl groups is 2. The first-order chi connectivity index (χ1) is 24.4. The molecule has 12 saturated carbocycles. The fourth-order valence-electron chi connectivity index (χ4n) is 15.2. The smallest absolute Gasteiger partial charge is 0.377 e. The summed E-state index contributed by atoms with van der Waals surface area (Å²) in [6.45, 7) is 0.640. The number of carbonyl (C=O) groups excluding carboxylic acids is 3. The van der Waals surface area contributed by atoms with Gasteiger partial charge in [-0.1, -0.05) is 0 Å². The fraction of sp³-hybridized carbons (Fsp3) is 0.925. The van der Waals surface area contributed by atoms with E-state index in [9.17, 15) is 33.4 Å². The van der Waals surface area contributed by atoms with Crippen LogP contribution in [0, 0.1) is 57.7 Å². The van der Waals surface area contributed by atoms with Crippen LogP contribution >= 0.6 is 0 Å². The van der Waals surface area contributed by atoms with Crippen LogP contribution in [0.2, 0.25) is 0 Å². The SMILES string of the molecule is CC(F)(F)C(=O)OC12CC3CC(C1)C1(OCC(COC(=O)C45CC6CC(CC(O)(C6)C4)C5)(COC(=O)C45CC6CC(CC(O)(C6)C4)C5)CO1)C(C3)C2. The first kappa shape index (κ1) is 34.6. The van der Waals surface area contributed by atoms with Crippen molar-refractivity contribution in [1.29, 1.82) is 0 Å². The lowest BCUT2D eigenvalue weighted by Crippen LogP contribution is -2.69. The van der Waals surface area contributed by atoms with E-state index in [4.69, 9.17) is 23.7 Å². The standard InChI is InChI=1S/C40H54F2O10/c1-33(41,42)30(43)52-39-14-23-4-28(15-39)40(29(5-23)16-39)50-21-34(22-51-40,19-48-31(44)35-6-24-2-25(7-35)11-37(46,10-24)17-35)20-49-32(45)36-8-26-3-27(9-36)13-38(47,12-26)18-36/h23-29,46-47H,2-22H2,1H3. The maximum atomic E-state index is 14.1. The van der Waals surface area contributed by atoms with E-state index in [0.717, 1.165) is 77.0 Å². The van der Waals surface area contributed by atoms with Crippen LogP contribution in [0.5, 0.6) is 0 Å². The first-order valence-electron chi connectivity index (χ1n) is 20.1. The molecule has 0 aromatic carbocycles.